The molecule has 0 aliphatic carbocycles. The van der Waals surface area contributed by atoms with Gasteiger partial charge in [0.25, 0.3) is 0 Å². The second kappa shape index (κ2) is 3.93. The molecule has 16 heavy (non-hydrogen) atoms. The van der Waals surface area contributed by atoms with Crippen molar-refractivity contribution in [2.45, 2.75) is 24.5 Å². The summed E-state index contributed by atoms with van der Waals surface area (Å²) in [5.41, 5.74) is 7.39. The maximum atomic E-state index is 6.25. The van der Waals surface area contributed by atoms with Gasteiger partial charge in [-0.05, 0) is 24.3 Å². The highest BCUT2D eigenvalue weighted by Gasteiger charge is 2.42. The van der Waals surface area contributed by atoms with Crippen LogP contribution in [0.4, 0.5) is 0 Å². The molecule has 0 amide bonds. The number of halogens is 1. The Balaban J connectivity index is 2.00. The van der Waals surface area contributed by atoms with E-state index in [0.29, 0.717) is 0 Å². The summed E-state index contributed by atoms with van der Waals surface area (Å²) in [6.07, 6.45) is 2.08. The smallest absolute Gasteiger partial charge is 0.126 e. The maximum Gasteiger partial charge on any atom is 0.126 e. The van der Waals surface area contributed by atoms with Gasteiger partial charge in [0.05, 0.1) is 0 Å². The summed E-state index contributed by atoms with van der Waals surface area (Å²) in [4.78, 5) is 0. The first-order valence-electron chi connectivity index (χ1n) is 5.50. The summed E-state index contributed by atoms with van der Waals surface area (Å²) in [5, 5.41) is 0. The van der Waals surface area contributed by atoms with Gasteiger partial charge in [0, 0.05) is 28.3 Å². The van der Waals surface area contributed by atoms with Gasteiger partial charge in [-0.3, -0.25) is 0 Å². The molecule has 4 heteroatoms. The van der Waals surface area contributed by atoms with E-state index < -0.39 is 0 Å². The molecule has 0 bridgehead atoms. The van der Waals surface area contributed by atoms with E-state index in [1.54, 1.807) is 0 Å². The quantitative estimate of drug-likeness (QED) is 0.799. The first kappa shape index (κ1) is 10.9. The number of benzene rings is 1. The van der Waals surface area contributed by atoms with Crippen LogP contribution in [0.3, 0.4) is 0 Å². The summed E-state index contributed by atoms with van der Waals surface area (Å²) in [6.45, 7) is 0. The van der Waals surface area contributed by atoms with Crippen LogP contribution in [-0.4, -0.2) is 17.1 Å². The van der Waals surface area contributed by atoms with Crippen LogP contribution >= 0.6 is 27.7 Å². The van der Waals surface area contributed by atoms with Crippen LogP contribution in [0.2, 0.25) is 0 Å². The highest BCUT2D eigenvalue weighted by atomic mass is 79.9. The van der Waals surface area contributed by atoms with E-state index in [1.807, 2.05) is 23.9 Å². The van der Waals surface area contributed by atoms with Gasteiger partial charge in [-0.1, -0.05) is 22.0 Å². The summed E-state index contributed by atoms with van der Waals surface area (Å²) >= 11 is 5.45. The Labute approximate surface area is 108 Å². The standard InChI is InChI=1S/C12H14BrNOS/c13-8-1-2-9-10(14)6-12(3-4-16-7-12)15-11(9)5-8/h1-2,5,10H,3-4,6-7,14H2. The molecule has 1 aromatic carbocycles. The van der Waals surface area contributed by atoms with Crippen molar-refractivity contribution >= 4 is 27.7 Å². The van der Waals surface area contributed by atoms with Crippen molar-refractivity contribution < 1.29 is 4.74 Å². The van der Waals surface area contributed by atoms with Gasteiger partial charge < -0.3 is 10.5 Å². The van der Waals surface area contributed by atoms with Crippen molar-refractivity contribution in [3.05, 3.63) is 28.2 Å². The lowest BCUT2D eigenvalue weighted by Gasteiger charge is -2.38. The SMILES string of the molecule is NC1CC2(CCSC2)Oc2cc(Br)ccc21. The van der Waals surface area contributed by atoms with Crippen LogP contribution in [-0.2, 0) is 0 Å². The molecule has 0 saturated carbocycles. The Morgan fingerprint density at radius 2 is 2.38 bits per heavy atom. The Bertz CT molecular complexity index is 417. The lowest BCUT2D eigenvalue weighted by molar-refractivity contribution is 0.0615. The third kappa shape index (κ3) is 1.77. The topological polar surface area (TPSA) is 35.2 Å². The number of hydrogen-bond donors (Lipinski definition) is 1. The Kier molecular flexibility index (Phi) is 2.68. The zero-order valence-corrected chi connectivity index (χ0v) is 11.3. The van der Waals surface area contributed by atoms with Gasteiger partial charge >= 0.3 is 0 Å². The average Bonchev–Trinajstić information content (AvgIpc) is 2.65. The van der Waals surface area contributed by atoms with E-state index in [1.165, 1.54) is 5.75 Å². The van der Waals surface area contributed by atoms with Crippen molar-refractivity contribution in [2.75, 3.05) is 11.5 Å². The van der Waals surface area contributed by atoms with Gasteiger partial charge in [-0.2, -0.15) is 11.8 Å². The van der Waals surface area contributed by atoms with Crippen molar-refractivity contribution in [1.82, 2.24) is 0 Å². The summed E-state index contributed by atoms with van der Waals surface area (Å²) in [5.74, 6) is 3.23. The van der Waals surface area contributed by atoms with Gasteiger partial charge in [0.2, 0.25) is 0 Å². The zero-order valence-electron chi connectivity index (χ0n) is 8.91. The number of thioether (sulfide) groups is 1. The highest BCUT2D eigenvalue weighted by molar-refractivity contribution is 9.10. The van der Waals surface area contributed by atoms with E-state index in [2.05, 4.69) is 22.0 Å². The number of nitrogens with two attached hydrogens (primary N) is 1. The van der Waals surface area contributed by atoms with Gasteiger partial charge in [0.1, 0.15) is 11.4 Å². The third-order valence-electron chi connectivity index (χ3n) is 3.36. The Hall–Kier alpha value is -0.190. The third-order valence-corrected chi connectivity index (χ3v) is 5.08. The predicted molar refractivity (Wildman–Crippen MR) is 71.0 cm³/mol. The van der Waals surface area contributed by atoms with Crippen LogP contribution in [0.15, 0.2) is 22.7 Å². The van der Waals surface area contributed by atoms with Crippen LogP contribution in [0.5, 0.6) is 5.75 Å². The van der Waals surface area contributed by atoms with Crippen molar-refractivity contribution in [3.8, 4) is 5.75 Å². The molecular formula is C12H14BrNOS. The van der Waals surface area contributed by atoms with E-state index in [0.717, 1.165) is 34.4 Å². The number of ether oxygens (including phenoxy) is 1. The average molecular weight is 300 g/mol. The first-order valence-corrected chi connectivity index (χ1v) is 7.45. The fraction of sp³-hybridized carbons (Fsp3) is 0.500. The van der Waals surface area contributed by atoms with E-state index >= 15 is 0 Å². The molecule has 86 valence electrons. The molecule has 1 spiro atoms. The monoisotopic (exact) mass is 299 g/mol. The van der Waals surface area contributed by atoms with E-state index in [9.17, 15) is 0 Å². The van der Waals surface area contributed by atoms with Crippen LogP contribution in [0, 0.1) is 0 Å². The highest BCUT2D eigenvalue weighted by Crippen LogP contribution is 2.45. The fourth-order valence-electron chi connectivity index (χ4n) is 2.52. The van der Waals surface area contributed by atoms with Crippen LogP contribution in [0.1, 0.15) is 24.4 Å². The summed E-state index contributed by atoms with van der Waals surface area (Å²) in [6, 6.07) is 6.26. The minimum Gasteiger partial charge on any atom is -0.486 e. The molecule has 0 aromatic heterocycles. The minimum absolute atomic E-state index is 0.00211. The molecule has 1 saturated heterocycles. The fourth-order valence-corrected chi connectivity index (χ4v) is 4.21. The van der Waals surface area contributed by atoms with E-state index in [4.69, 9.17) is 10.5 Å². The normalized spacial score (nSPS) is 32.5. The molecule has 2 N–H and O–H groups in total. The zero-order chi connectivity index (χ0) is 11.2. The number of fused-ring (bicyclic) bond motifs is 1. The van der Waals surface area contributed by atoms with Crippen molar-refractivity contribution in [2.24, 2.45) is 5.73 Å². The molecule has 2 aliphatic heterocycles. The second-order valence-electron chi connectivity index (χ2n) is 4.58. The largest absolute Gasteiger partial charge is 0.486 e. The molecule has 2 atom stereocenters. The van der Waals surface area contributed by atoms with Crippen molar-refractivity contribution in [3.63, 3.8) is 0 Å². The second-order valence-corrected chi connectivity index (χ2v) is 6.60. The lowest BCUT2D eigenvalue weighted by Crippen LogP contribution is -2.42. The maximum absolute atomic E-state index is 6.25. The molecule has 0 radical (unpaired) electrons. The molecule has 2 nitrogen and oxygen atoms in total. The van der Waals surface area contributed by atoms with Crippen molar-refractivity contribution in [1.29, 1.82) is 0 Å². The van der Waals surface area contributed by atoms with E-state index in [-0.39, 0.29) is 11.6 Å². The molecule has 1 fully saturated rings. The molecule has 1 aromatic rings. The lowest BCUT2D eigenvalue weighted by atomic mass is 9.87. The van der Waals surface area contributed by atoms with Crippen LogP contribution in [0.25, 0.3) is 0 Å². The van der Waals surface area contributed by atoms with Gasteiger partial charge in [-0.25, -0.2) is 0 Å². The number of rotatable bonds is 0. The summed E-state index contributed by atoms with van der Waals surface area (Å²) in [7, 11) is 0. The summed E-state index contributed by atoms with van der Waals surface area (Å²) < 4.78 is 7.26. The van der Waals surface area contributed by atoms with Crippen LogP contribution < -0.4 is 10.5 Å². The van der Waals surface area contributed by atoms with Gasteiger partial charge in [-0.15, -0.1) is 0 Å². The molecule has 2 heterocycles. The Morgan fingerprint density at radius 1 is 1.50 bits per heavy atom. The molecule has 2 unspecified atom stereocenters. The first-order chi connectivity index (χ1) is 7.69. The number of hydrogen-bond acceptors (Lipinski definition) is 3. The molecule has 2 aliphatic rings. The van der Waals surface area contributed by atoms with Gasteiger partial charge in [0.15, 0.2) is 0 Å². The molecule has 3 rings (SSSR count). The minimum atomic E-state index is -0.00211. The Morgan fingerprint density at radius 3 is 3.12 bits per heavy atom. The molecular weight excluding hydrogens is 286 g/mol. The predicted octanol–water partition coefficient (Wildman–Crippen LogP) is 3.11.